The maximum Gasteiger partial charge on any atom is 0.315 e. The van der Waals surface area contributed by atoms with Crippen LogP contribution in [-0.4, -0.2) is 36.0 Å². The number of halogens is 2. The van der Waals surface area contributed by atoms with E-state index in [1.807, 2.05) is 18.2 Å². The maximum atomic E-state index is 12.6. The molecule has 0 heterocycles. The Bertz CT molecular complexity index is 1310. The smallest absolute Gasteiger partial charge is 0.315 e. The van der Waals surface area contributed by atoms with Crippen molar-refractivity contribution in [1.82, 2.24) is 21.3 Å². The van der Waals surface area contributed by atoms with Crippen molar-refractivity contribution in [2.45, 2.75) is 25.4 Å². The molecule has 1 aliphatic carbocycles. The minimum absolute atomic E-state index is 0.0170. The zero-order chi connectivity index (χ0) is 26.4. The molecule has 8 nitrogen and oxygen atoms in total. The van der Waals surface area contributed by atoms with Crippen LogP contribution in [0.3, 0.4) is 0 Å². The monoisotopic (exact) mass is 540 g/mol. The molecule has 0 saturated carbocycles. The third-order valence-electron chi connectivity index (χ3n) is 6.10. The molecule has 0 bridgehead atoms. The fourth-order valence-corrected chi connectivity index (χ4v) is 4.87. The number of carbonyl (C=O) groups excluding carboxylic acids is 3. The van der Waals surface area contributed by atoms with E-state index in [2.05, 4.69) is 27.3 Å². The average Bonchev–Trinajstić information content (AvgIpc) is 3.28. The highest BCUT2D eigenvalue weighted by molar-refractivity contribution is 6.40. The van der Waals surface area contributed by atoms with Gasteiger partial charge in [-0.2, -0.15) is 0 Å². The summed E-state index contributed by atoms with van der Waals surface area (Å²) in [5.41, 5.74) is 3.14. The molecule has 0 saturated heterocycles. The van der Waals surface area contributed by atoms with Crippen molar-refractivity contribution in [2.24, 2.45) is 0 Å². The Morgan fingerprint density at radius 2 is 1.54 bits per heavy atom. The molecule has 1 aliphatic rings. The van der Waals surface area contributed by atoms with E-state index in [4.69, 9.17) is 23.2 Å². The van der Waals surface area contributed by atoms with E-state index >= 15 is 0 Å². The Kier molecular flexibility index (Phi) is 8.53. The lowest BCUT2D eigenvalue weighted by Crippen LogP contribution is -2.41. The minimum atomic E-state index is -0.525. The van der Waals surface area contributed by atoms with Gasteiger partial charge in [0.15, 0.2) is 0 Å². The minimum Gasteiger partial charge on any atom is -0.508 e. The molecule has 3 aromatic rings. The molecule has 0 aliphatic heterocycles. The molecule has 3 aromatic carbocycles. The van der Waals surface area contributed by atoms with Crippen LogP contribution in [0.1, 0.15) is 49.9 Å². The lowest BCUT2D eigenvalue weighted by molar-refractivity contribution is 0.0940. The van der Waals surface area contributed by atoms with Crippen molar-refractivity contribution in [3.8, 4) is 5.75 Å². The molecule has 0 unspecified atom stereocenters. The maximum absolute atomic E-state index is 12.6. The molecule has 0 spiro atoms. The Hall–Kier alpha value is -3.75. The first-order valence-corrected chi connectivity index (χ1v) is 12.5. The second kappa shape index (κ2) is 12.0. The highest BCUT2D eigenvalue weighted by Gasteiger charge is 2.23. The summed E-state index contributed by atoms with van der Waals surface area (Å²) >= 11 is 12.5. The second-order valence-electron chi connectivity index (χ2n) is 8.57. The number of para-hydroxylation sites is 1. The number of aromatic hydroxyl groups is 1. The van der Waals surface area contributed by atoms with Crippen LogP contribution >= 0.6 is 23.2 Å². The summed E-state index contributed by atoms with van der Waals surface area (Å²) in [7, 11) is 0. The van der Waals surface area contributed by atoms with Crippen LogP contribution in [0.5, 0.6) is 5.75 Å². The topological polar surface area (TPSA) is 120 Å². The zero-order valence-electron chi connectivity index (χ0n) is 19.8. The third-order valence-corrected chi connectivity index (χ3v) is 6.69. The van der Waals surface area contributed by atoms with E-state index in [0.29, 0.717) is 5.56 Å². The molecule has 5 N–H and O–H groups in total. The molecule has 37 heavy (non-hydrogen) atoms. The summed E-state index contributed by atoms with van der Waals surface area (Å²) in [6.45, 7) is 0.466. The fraction of sp³-hybridized carbons (Fsp3) is 0.222. The zero-order valence-corrected chi connectivity index (χ0v) is 21.3. The summed E-state index contributed by atoms with van der Waals surface area (Å²) in [5.74, 6) is -0.913. The van der Waals surface area contributed by atoms with Gasteiger partial charge in [0.05, 0.1) is 21.7 Å². The highest BCUT2D eigenvalue weighted by Crippen LogP contribution is 2.30. The first-order valence-electron chi connectivity index (χ1n) is 11.8. The first kappa shape index (κ1) is 26.3. The average molecular weight is 541 g/mol. The lowest BCUT2D eigenvalue weighted by atomic mass is 10.1. The molecule has 0 aromatic heterocycles. The molecule has 10 heteroatoms. The molecular formula is C27H26Cl2N4O4. The number of urea groups is 1. The number of hydrogen-bond acceptors (Lipinski definition) is 4. The van der Waals surface area contributed by atoms with Crippen molar-refractivity contribution >= 4 is 41.0 Å². The quantitative estimate of drug-likeness (QED) is 0.273. The standard InChI is InChI=1S/C27H26Cl2N4O4/c28-20-13-18(25(35)32-15-17-6-2-4-8-23(17)34)14-21(29)24(20)26(36)30-11-12-31-27(37)33-22-10-9-16-5-1-3-7-19(16)22/h1-8,13-14,22,34H,9-12,15H2,(H,30,36)(H,32,35)(H2,31,33,37)/t22-/m1/s1. The number of phenolic OH excluding ortho intramolecular Hbond substituents is 1. The van der Waals surface area contributed by atoms with Gasteiger partial charge in [-0.1, -0.05) is 65.7 Å². The molecular weight excluding hydrogens is 515 g/mol. The van der Waals surface area contributed by atoms with Gasteiger partial charge < -0.3 is 26.4 Å². The predicted molar refractivity (Wildman–Crippen MR) is 142 cm³/mol. The first-order chi connectivity index (χ1) is 17.8. The normalized spacial score (nSPS) is 13.9. The van der Waals surface area contributed by atoms with E-state index in [0.717, 1.165) is 18.4 Å². The number of hydrogen-bond donors (Lipinski definition) is 5. The Balaban J connectivity index is 1.25. The molecule has 1 atom stereocenters. The molecule has 192 valence electrons. The number of rotatable bonds is 8. The fourth-order valence-electron chi connectivity index (χ4n) is 4.22. The second-order valence-corrected chi connectivity index (χ2v) is 9.39. The number of benzene rings is 3. The molecule has 4 rings (SSSR count). The van der Waals surface area contributed by atoms with Gasteiger partial charge in [0, 0.05) is 30.8 Å². The summed E-state index contributed by atoms with van der Waals surface area (Å²) < 4.78 is 0. The van der Waals surface area contributed by atoms with E-state index in [-0.39, 0.29) is 58.6 Å². The number of fused-ring (bicyclic) bond motifs is 1. The van der Waals surface area contributed by atoms with E-state index < -0.39 is 11.8 Å². The van der Waals surface area contributed by atoms with Crippen molar-refractivity contribution in [1.29, 1.82) is 0 Å². The summed E-state index contributed by atoms with van der Waals surface area (Å²) in [6, 6.07) is 17.0. The highest BCUT2D eigenvalue weighted by atomic mass is 35.5. The Morgan fingerprint density at radius 1 is 0.865 bits per heavy atom. The largest absolute Gasteiger partial charge is 0.508 e. The molecule has 4 amide bonds. The van der Waals surface area contributed by atoms with Crippen LogP contribution in [0, 0.1) is 0 Å². The van der Waals surface area contributed by atoms with Gasteiger partial charge in [0.25, 0.3) is 11.8 Å². The van der Waals surface area contributed by atoms with Gasteiger partial charge in [-0.3, -0.25) is 9.59 Å². The van der Waals surface area contributed by atoms with Crippen LogP contribution in [0.2, 0.25) is 10.0 Å². The van der Waals surface area contributed by atoms with Crippen molar-refractivity contribution in [3.63, 3.8) is 0 Å². The Morgan fingerprint density at radius 3 is 2.30 bits per heavy atom. The van der Waals surface area contributed by atoms with Gasteiger partial charge in [-0.15, -0.1) is 0 Å². The summed E-state index contributed by atoms with van der Waals surface area (Å²) in [4.78, 5) is 37.4. The van der Waals surface area contributed by atoms with Crippen LogP contribution in [0.15, 0.2) is 60.7 Å². The number of phenols is 1. The number of amides is 4. The van der Waals surface area contributed by atoms with Crippen molar-refractivity contribution in [2.75, 3.05) is 13.1 Å². The number of carbonyl (C=O) groups is 3. The molecule has 0 fully saturated rings. The van der Waals surface area contributed by atoms with E-state index in [1.54, 1.807) is 18.2 Å². The van der Waals surface area contributed by atoms with Gasteiger partial charge >= 0.3 is 6.03 Å². The van der Waals surface area contributed by atoms with Crippen LogP contribution in [0.4, 0.5) is 4.79 Å². The SMILES string of the molecule is O=C(NCCNC(=O)c1c(Cl)cc(C(=O)NCc2ccccc2O)cc1Cl)N[C@@H]1CCc2ccccc21. The Labute approximate surface area is 224 Å². The number of aryl methyl sites for hydroxylation is 1. The van der Waals surface area contributed by atoms with Crippen molar-refractivity contribution in [3.05, 3.63) is 98.5 Å². The van der Waals surface area contributed by atoms with Gasteiger partial charge in [-0.25, -0.2) is 4.79 Å². The van der Waals surface area contributed by atoms with E-state index in [9.17, 15) is 19.5 Å². The molecule has 0 radical (unpaired) electrons. The van der Waals surface area contributed by atoms with Gasteiger partial charge in [0.1, 0.15) is 5.75 Å². The van der Waals surface area contributed by atoms with Crippen LogP contribution < -0.4 is 21.3 Å². The van der Waals surface area contributed by atoms with Crippen LogP contribution in [0.25, 0.3) is 0 Å². The third kappa shape index (κ3) is 6.53. The van der Waals surface area contributed by atoms with Crippen molar-refractivity contribution < 1.29 is 19.5 Å². The summed E-state index contributed by atoms with van der Waals surface area (Å²) in [6.07, 6.45) is 1.78. The predicted octanol–water partition coefficient (Wildman–Crippen LogP) is 4.35. The number of nitrogens with one attached hydrogen (secondary N) is 4. The van der Waals surface area contributed by atoms with E-state index in [1.165, 1.54) is 23.8 Å². The van der Waals surface area contributed by atoms with Gasteiger partial charge in [0.2, 0.25) is 0 Å². The van der Waals surface area contributed by atoms with Gasteiger partial charge in [-0.05, 0) is 42.2 Å². The lowest BCUT2D eigenvalue weighted by Gasteiger charge is -2.15. The summed E-state index contributed by atoms with van der Waals surface area (Å²) in [5, 5.41) is 20.9. The van der Waals surface area contributed by atoms with Crippen LogP contribution in [-0.2, 0) is 13.0 Å².